The molecule has 0 bridgehead atoms. The predicted molar refractivity (Wildman–Crippen MR) is 77.1 cm³/mol. The minimum absolute atomic E-state index is 0.667. The summed E-state index contributed by atoms with van der Waals surface area (Å²) >= 11 is 0. The van der Waals surface area contributed by atoms with E-state index < -0.39 is 0 Å². The summed E-state index contributed by atoms with van der Waals surface area (Å²) in [6.07, 6.45) is 11.5. The van der Waals surface area contributed by atoms with Crippen LogP contribution in [0.5, 0.6) is 0 Å². The molecule has 0 spiro atoms. The van der Waals surface area contributed by atoms with Crippen molar-refractivity contribution < 1.29 is 0 Å². The summed E-state index contributed by atoms with van der Waals surface area (Å²) in [6.45, 7) is 7.71. The van der Waals surface area contributed by atoms with Crippen molar-refractivity contribution in [3.8, 4) is 0 Å². The fourth-order valence-corrected chi connectivity index (χ4v) is 2.07. The highest BCUT2D eigenvalue weighted by atomic mass is 14.1. The minimum atomic E-state index is 0.667. The molecule has 0 fully saturated rings. The van der Waals surface area contributed by atoms with E-state index in [1.54, 1.807) is 0 Å². The van der Waals surface area contributed by atoms with Gasteiger partial charge in [0.2, 0.25) is 0 Å². The molecule has 0 aliphatic heterocycles. The van der Waals surface area contributed by atoms with E-state index in [2.05, 4.69) is 49.6 Å². The van der Waals surface area contributed by atoms with Gasteiger partial charge >= 0.3 is 0 Å². The van der Waals surface area contributed by atoms with E-state index in [9.17, 15) is 0 Å². The number of rotatable bonds is 9. The second-order valence-electron chi connectivity index (χ2n) is 4.59. The first-order chi connectivity index (χ1) is 8.36. The van der Waals surface area contributed by atoms with Crippen LogP contribution in [0.2, 0.25) is 0 Å². The van der Waals surface area contributed by atoms with Gasteiger partial charge in [0.15, 0.2) is 0 Å². The monoisotopic (exact) mass is 228 g/mol. The molecule has 0 amide bonds. The molecule has 17 heavy (non-hydrogen) atoms. The lowest BCUT2D eigenvalue weighted by Gasteiger charge is -2.11. The molecule has 0 aliphatic carbocycles. The van der Waals surface area contributed by atoms with Crippen molar-refractivity contribution in [3.05, 3.63) is 61.2 Å². The van der Waals surface area contributed by atoms with E-state index in [4.69, 9.17) is 0 Å². The summed E-state index contributed by atoms with van der Waals surface area (Å²) in [5.41, 5.74) is 1.44. The van der Waals surface area contributed by atoms with Crippen molar-refractivity contribution in [1.29, 1.82) is 0 Å². The summed E-state index contributed by atoms with van der Waals surface area (Å²) in [5.74, 6) is 0.667. The van der Waals surface area contributed by atoms with Gasteiger partial charge in [-0.3, -0.25) is 0 Å². The van der Waals surface area contributed by atoms with Crippen LogP contribution >= 0.6 is 0 Å². The zero-order valence-electron chi connectivity index (χ0n) is 10.8. The van der Waals surface area contributed by atoms with Crippen LogP contribution in [-0.4, -0.2) is 0 Å². The molecule has 1 aromatic carbocycles. The third-order valence-corrected chi connectivity index (χ3v) is 3.21. The molecule has 1 aromatic rings. The number of allylic oxidation sites excluding steroid dienone is 2. The Kier molecular flexibility index (Phi) is 7.13. The second-order valence-corrected chi connectivity index (χ2v) is 4.59. The van der Waals surface area contributed by atoms with Gasteiger partial charge < -0.3 is 0 Å². The number of hydrogen-bond donors (Lipinski definition) is 0. The maximum Gasteiger partial charge on any atom is -0.0233 e. The maximum absolute atomic E-state index is 3.95. The highest BCUT2D eigenvalue weighted by Crippen LogP contribution is 2.17. The Morgan fingerprint density at radius 1 is 1.00 bits per heavy atom. The smallest absolute Gasteiger partial charge is 0.0233 e. The van der Waals surface area contributed by atoms with Gasteiger partial charge in [-0.15, -0.1) is 13.2 Å². The van der Waals surface area contributed by atoms with E-state index in [1.165, 1.54) is 37.7 Å². The van der Waals surface area contributed by atoms with Gasteiger partial charge in [0.05, 0.1) is 0 Å². The van der Waals surface area contributed by atoms with Crippen LogP contribution in [0.25, 0.3) is 0 Å². The van der Waals surface area contributed by atoms with Crippen LogP contribution in [0.1, 0.15) is 37.7 Å². The zero-order chi connectivity index (χ0) is 12.3. The molecular formula is C17H24. The second kappa shape index (κ2) is 8.81. The van der Waals surface area contributed by atoms with Crippen molar-refractivity contribution in [1.82, 2.24) is 0 Å². The Balaban J connectivity index is 2.22. The van der Waals surface area contributed by atoms with Crippen LogP contribution in [-0.2, 0) is 6.42 Å². The summed E-state index contributed by atoms with van der Waals surface area (Å²) in [6, 6.07) is 10.7. The molecule has 0 saturated carbocycles. The lowest BCUT2D eigenvalue weighted by atomic mass is 9.94. The summed E-state index contributed by atoms with van der Waals surface area (Å²) < 4.78 is 0. The molecule has 0 heteroatoms. The summed E-state index contributed by atoms with van der Waals surface area (Å²) in [4.78, 5) is 0. The van der Waals surface area contributed by atoms with Crippen molar-refractivity contribution >= 4 is 0 Å². The van der Waals surface area contributed by atoms with Crippen LogP contribution < -0.4 is 0 Å². The molecule has 0 heterocycles. The Morgan fingerprint density at radius 3 is 2.41 bits per heavy atom. The standard InChI is InChI=1S/C17H24/c1-3-5-6-8-11-16(4-2)14-15-17-12-9-7-10-13-17/h3-4,7,9-10,12-13,16H,1-2,5-6,8,11,14-15H2/t16-/m1/s1. The highest BCUT2D eigenvalue weighted by molar-refractivity contribution is 5.14. The van der Waals surface area contributed by atoms with Crippen molar-refractivity contribution in [2.45, 2.75) is 38.5 Å². The van der Waals surface area contributed by atoms with E-state index in [0.717, 1.165) is 6.42 Å². The largest absolute Gasteiger partial charge is 0.103 e. The van der Waals surface area contributed by atoms with Crippen molar-refractivity contribution in [3.63, 3.8) is 0 Å². The number of hydrogen-bond acceptors (Lipinski definition) is 0. The van der Waals surface area contributed by atoms with E-state index >= 15 is 0 Å². The van der Waals surface area contributed by atoms with Gasteiger partial charge in [0, 0.05) is 0 Å². The highest BCUT2D eigenvalue weighted by Gasteiger charge is 2.04. The first kappa shape index (κ1) is 13.8. The van der Waals surface area contributed by atoms with E-state index in [0.29, 0.717) is 5.92 Å². The van der Waals surface area contributed by atoms with Gasteiger partial charge in [0.25, 0.3) is 0 Å². The van der Waals surface area contributed by atoms with Crippen molar-refractivity contribution in [2.75, 3.05) is 0 Å². The molecule has 0 unspecified atom stereocenters. The maximum atomic E-state index is 3.95. The van der Waals surface area contributed by atoms with Gasteiger partial charge in [-0.05, 0) is 43.6 Å². The first-order valence-electron chi connectivity index (χ1n) is 6.64. The summed E-state index contributed by atoms with van der Waals surface area (Å²) in [7, 11) is 0. The van der Waals surface area contributed by atoms with Gasteiger partial charge in [-0.2, -0.15) is 0 Å². The molecule has 0 saturated heterocycles. The molecule has 0 aromatic heterocycles. The molecule has 1 rings (SSSR count). The molecule has 1 atom stereocenters. The number of unbranched alkanes of at least 4 members (excludes halogenated alkanes) is 2. The first-order valence-corrected chi connectivity index (χ1v) is 6.64. The van der Waals surface area contributed by atoms with Gasteiger partial charge in [0.1, 0.15) is 0 Å². The molecule has 0 nitrogen and oxygen atoms in total. The predicted octanol–water partition coefficient (Wildman–Crippen LogP) is 5.17. The molecule has 92 valence electrons. The third-order valence-electron chi connectivity index (χ3n) is 3.21. The normalized spacial score (nSPS) is 12.0. The lowest BCUT2D eigenvalue weighted by molar-refractivity contribution is 0.512. The SMILES string of the molecule is C=CCCCC[C@@H](C=C)CCc1ccccc1. The average molecular weight is 228 g/mol. The fourth-order valence-electron chi connectivity index (χ4n) is 2.07. The van der Waals surface area contributed by atoms with Crippen LogP contribution in [0.15, 0.2) is 55.6 Å². The lowest BCUT2D eigenvalue weighted by Crippen LogP contribution is -1.99. The van der Waals surface area contributed by atoms with Crippen molar-refractivity contribution in [2.24, 2.45) is 5.92 Å². The quantitative estimate of drug-likeness (QED) is 0.404. The fraction of sp³-hybridized carbons (Fsp3) is 0.412. The molecule has 0 N–H and O–H groups in total. The average Bonchev–Trinajstić information content (AvgIpc) is 2.39. The Labute approximate surface area is 106 Å². The van der Waals surface area contributed by atoms with E-state index in [-0.39, 0.29) is 0 Å². The Hall–Kier alpha value is -1.30. The third kappa shape index (κ3) is 6.11. The van der Waals surface area contributed by atoms with Crippen LogP contribution in [0, 0.1) is 5.92 Å². The summed E-state index contributed by atoms with van der Waals surface area (Å²) in [5, 5.41) is 0. The van der Waals surface area contributed by atoms with Crippen LogP contribution in [0.4, 0.5) is 0 Å². The molecule has 0 radical (unpaired) electrons. The van der Waals surface area contributed by atoms with E-state index in [1.807, 2.05) is 6.08 Å². The topological polar surface area (TPSA) is 0 Å². The zero-order valence-corrected chi connectivity index (χ0v) is 10.8. The molecule has 0 aliphatic rings. The Morgan fingerprint density at radius 2 is 1.76 bits per heavy atom. The number of benzene rings is 1. The minimum Gasteiger partial charge on any atom is -0.103 e. The van der Waals surface area contributed by atoms with Gasteiger partial charge in [-0.1, -0.05) is 48.9 Å². The van der Waals surface area contributed by atoms with Crippen LogP contribution in [0.3, 0.4) is 0 Å². The number of aryl methyl sites for hydroxylation is 1. The van der Waals surface area contributed by atoms with Gasteiger partial charge in [-0.25, -0.2) is 0 Å². The Bertz CT molecular complexity index is 310. The molecular weight excluding hydrogens is 204 g/mol.